The molecule has 0 bridgehead atoms. The third-order valence-electron chi connectivity index (χ3n) is 5.79. The van der Waals surface area contributed by atoms with Crippen LogP contribution in [0.25, 0.3) is 10.9 Å². The SMILES string of the molecule is C#Cc1cnc(NCCn2ccc3ccccc32)nc1N[C@@H]1C[C@H](O)C1(C)C. The van der Waals surface area contributed by atoms with Gasteiger partial charge in [-0.15, -0.1) is 6.42 Å². The predicted octanol–water partition coefficient (Wildman–Crippen LogP) is 3.10. The van der Waals surface area contributed by atoms with Crippen molar-refractivity contribution in [3.63, 3.8) is 0 Å². The average molecular weight is 375 g/mol. The molecule has 1 aliphatic rings. The number of rotatable bonds is 6. The molecule has 4 rings (SSSR count). The lowest BCUT2D eigenvalue weighted by atomic mass is 9.64. The summed E-state index contributed by atoms with van der Waals surface area (Å²) >= 11 is 0. The van der Waals surface area contributed by atoms with E-state index in [1.54, 1.807) is 6.20 Å². The first-order valence-electron chi connectivity index (χ1n) is 9.55. The number of anilines is 2. The summed E-state index contributed by atoms with van der Waals surface area (Å²) in [5.74, 6) is 3.80. The van der Waals surface area contributed by atoms with Gasteiger partial charge in [0.15, 0.2) is 0 Å². The van der Waals surface area contributed by atoms with Crippen molar-refractivity contribution in [3.8, 4) is 12.3 Å². The van der Waals surface area contributed by atoms with Crippen LogP contribution in [0.5, 0.6) is 0 Å². The first-order valence-corrected chi connectivity index (χ1v) is 9.55. The highest BCUT2D eigenvalue weighted by Crippen LogP contribution is 2.42. The van der Waals surface area contributed by atoms with Gasteiger partial charge in [-0.1, -0.05) is 38.0 Å². The maximum Gasteiger partial charge on any atom is 0.224 e. The summed E-state index contributed by atoms with van der Waals surface area (Å²) in [6.45, 7) is 5.58. The molecule has 1 aliphatic carbocycles. The Morgan fingerprint density at radius 1 is 1.32 bits per heavy atom. The lowest BCUT2D eigenvalue weighted by Gasteiger charge is -2.49. The summed E-state index contributed by atoms with van der Waals surface area (Å²) in [6, 6.07) is 10.6. The largest absolute Gasteiger partial charge is 0.392 e. The molecule has 1 aromatic carbocycles. The van der Waals surface area contributed by atoms with Crippen molar-refractivity contribution in [2.75, 3.05) is 17.2 Å². The number of para-hydroxylation sites is 1. The van der Waals surface area contributed by atoms with E-state index in [4.69, 9.17) is 6.42 Å². The first-order chi connectivity index (χ1) is 13.5. The number of aliphatic hydroxyl groups is 1. The van der Waals surface area contributed by atoms with Gasteiger partial charge < -0.3 is 20.3 Å². The second kappa shape index (κ2) is 7.17. The average Bonchev–Trinajstić information content (AvgIpc) is 3.11. The molecule has 3 N–H and O–H groups in total. The number of fused-ring (bicyclic) bond motifs is 1. The minimum Gasteiger partial charge on any atom is -0.392 e. The molecule has 6 heteroatoms. The van der Waals surface area contributed by atoms with E-state index in [-0.39, 0.29) is 17.6 Å². The zero-order valence-corrected chi connectivity index (χ0v) is 16.2. The molecule has 6 nitrogen and oxygen atoms in total. The Balaban J connectivity index is 1.43. The highest BCUT2D eigenvalue weighted by molar-refractivity contribution is 5.79. The fraction of sp³-hybridized carbons (Fsp3) is 0.364. The minimum atomic E-state index is -0.310. The Hall–Kier alpha value is -3.04. The molecular weight excluding hydrogens is 350 g/mol. The van der Waals surface area contributed by atoms with E-state index in [1.165, 1.54) is 10.9 Å². The maximum atomic E-state index is 9.96. The van der Waals surface area contributed by atoms with E-state index in [1.807, 2.05) is 26.0 Å². The summed E-state index contributed by atoms with van der Waals surface area (Å²) in [4.78, 5) is 8.90. The van der Waals surface area contributed by atoms with Crippen molar-refractivity contribution in [2.24, 2.45) is 5.41 Å². The molecule has 144 valence electrons. The zero-order valence-electron chi connectivity index (χ0n) is 16.2. The molecule has 0 unspecified atom stereocenters. The van der Waals surface area contributed by atoms with E-state index in [0.717, 1.165) is 6.54 Å². The molecule has 3 aromatic rings. The number of benzene rings is 1. The van der Waals surface area contributed by atoms with Gasteiger partial charge in [-0.3, -0.25) is 0 Å². The number of nitrogens with zero attached hydrogens (tertiary/aromatic N) is 3. The van der Waals surface area contributed by atoms with Gasteiger partial charge in [-0.05, 0) is 23.9 Å². The topological polar surface area (TPSA) is 75.0 Å². The fourth-order valence-electron chi connectivity index (χ4n) is 3.62. The van der Waals surface area contributed by atoms with Crippen LogP contribution in [-0.2, 0) is 6.54 Å². The number of aliphatic hydroxyl groups excluding tert-OH is 1. The van der Waals surface area contributed by atoms with E-state index in [2.05, 4.69) is 55.5 Å². The van der Waals surface area contributed by atoms with Crippen LogP contribution in [0.2, 0.25) is 0 Å². The number of hydrogen-bond acceptors (Lipinski definition) is 5. The Labute approximate surface area is 165 Å². The second-order valence-electron chi connectivity index (χ2n) is 7.86. The van der Waals surface area contributed by atoms with Crippen LogP contribution in [0, 0.1) is 17.8 Å². The molecular formula is C22H25N5O. The van der Waals surface area contributed by atoms with Crippen LogP contribution in [0.3, 0.4) is 0 Å². The number of hydrogen-bond donors (Lipinski definition) is 3. The van der Waals surface area contributed by atoms with Crippen LogP contribution < -0.4 is 10.6 Å². The Morgan fingerprint density at radius 2 is 2.14 bits per heavy atom. The highest BCUT2D eigenvalue weighted by Gasteiger charge is 2.47. The van der Waals surface area contributed by atoms with Gasteiger partial charge in [0, 0.05) is 36.3 Å². The molecule has 0 aliphatic heterocycles. The van der Waals surface area contributed by atoms with Crippen molar-refractivity contribution in [1.82, 2.24) is 14.5 Å². The second-order valence-corrected chi connectivity index (χ2v) is 7.86. The first kappa shape index (κ1) is 18.3. The third-order valence-corrected chi connectivity index (χ3v) is 5.79. The number of nitrogens with one attached hydrogen (secondary N) is 2. The van der Waals surface area contributed by atoms with E-state index < -0.39 is 0 Å². The molecule has 0 radical (unpaired) electrons. The number of terminal acetylenes is 1. The predicted molar refractivity (Wildman–Crippen MR) is 112 cm³/mol. The Bertz CT molecular complexity index is 1030. The molecule has 1 saturated carbocycles. The van der Waals surface area contributed by atoms with E-state index in [9.17, 15) is 5.11 Å². The van der Waals surface area contributed by atoms with Crippen molar-refractivity contribution in [1.29, 1.82) is 0 Å². The van der Waals surface area contributed by atoms with E-state index in [0.29, 0.717) is 30.3 Å². The van der Waals surface area contributed by atoms with Gasteiger partial charge in [0.2, 0.25) is 5.95 Å². The lowest BCUT2D eigenvalue weighted by molar-refractivity contribution is -0.0511. The molecule has 2 heterocycles. The minimum absolute atomic E-state index is 0.128. The Morgan fingerprint density at radius 3 is 2.89 bits per heavy atom. The van der Waals surface area contributed by atoms with Gasteiger partial charge >= 0.3 is 0 Å². The smallest absolute Gasteiger partial charge is 0.224 e. The summed E-state index contributed by atoms with van der Waals surface area (Å²) < 4.78 is 2.20. The third kappa shape index (κ3) is 3.30. The van der Waals surface area contributed by atoms with Gasteiger partial charge in [-0.2, -0.15) is 4.98 Å². The van der Waals surface area contributed by atoms with Gasteiger partial charge in [-0.25, -0.2) is 4.98 Å². The van der Waals surface area contributed by atoms with Gasteiger partial charge in [0.05, 0.1) is 17.9 Å². The quantitative estimate of drug-likeness (QED) is 0.577. The molecule has 0 spiro atoms. The maximum absolute atomic E-state index is 9.96. The van der Waals surface area contributed by atoms with Crippen molar-refractivity contribution < 1.29 is 5.11 Å². The highest BCUT2D eigenvalue weighted by atomic mass is 16.3. The summed E-state index contributed by atoms with van der Waals surface area (Å²) in [5.41, 5.74) is 1.63. The van der Waals surface area contributed by atoms with Crippen LogP contribution in [0.1, 0.15) is 25.8 Å². The molecule has 2 atom stereocenters. The van der Waals surface area contributed by atoms with Crippen LogP contribution >= 0.6 is 0 Å². The summed E-state index contributed by atoms with van der Waals surface area (Å²) in [6.07, 6.45) is 9.73. The van der Waals surface area contributed by atoms with Crippen LogP contribution in [0.4, 0.5) is 11.8 Å². The van der Waals surface area contributed by atoms with Crippen molar-refractivity contribution in [2.45, 2.75) is 39.0 Å². The zero-order chi connectivity index (χ0) is 19.7. The summed E-state index contributed by atoms with van der Waals surface area (Å²) in [5, 5.41) is 17.9. The van der Waals surface area contributed by atoms with Crippen LogP contribution in [0.15, 0.2) is 42.7 Å². The van der Waals surface area contributed by atoms with Gasteiger partial charge in [0.25, 0.3) is 0 Å². The molecule has 2 aromatic heterocycles. The van der Waals surface area contributed by atoms with Crippen molar-refractivity contribution >= 4 is 22.7 Å². The summed E-state index contributed by atoms with van der Waals surface area (Å²) in [7, 11) is 0. The number of aromatic nitrogens is 3. The normalized spacial score (nSPS) is 20.4. The monoisotopic (exact) mass is 375 g/mol. The van der Waals surface area contributed by atoms with Gasteiger partial charge in [0.1, 0.15) is 5.82 Å². The molecule has 0 amide bonds. The Kier molecular flexibility index (Phi) is 4.70. The van der Waals surface area contributed by atoms with Crippen LogP contribution in [-0.4, -0.2) is 38.3 Å². The fourth-order valence-corrected chi connectivity index (χ4v) is 3.62. The van der Waals surface area contributed by atoms with E-state index >= 15 is 0 Å². The lowest BCUT2D eigenvalue weighted by Crippen LogP contribution is -2.57. The standard InChI is InChI=1S/C22H25N5O/c1-4-15-14-24-21(26-20(15)25-18-13-19(28)22(18,2)3)23-10-12-27-11-9-16-7-5-6-8-17(16)27/h1,5-9,11,14,18-19,28H,10,12-13H2,2-3H3,(H2,23,24,25,26)/t18-,19+/m1/s1. The molecule has 0 saturated heterocycles. The molecule has 1 fully saturated rings. The molecule has 28 heavy (non-hydrogen) atoms. The van der Waals surface area contributed by atoms with Crippen molar-refractivity contribution in [3.05, 3.63) is 48.3 Å².